The van der Waals surface area contributed by atoms with E-state index >= 15 is 0 Å². The van der Waals surface area contributed by atoms with E-state index in [0.29, 0.717) is 18.5 Å². The van der Waals surface area contributed by atoms with Crippen molar-refractivity contribution in [3.63, 3.8) is 0 Å². The topological polar surface area (TPSA) is 63.8 Å². The Balaban J connectivity index is 1.91. The molecule has 1 N–H and O–H groups in total. The highest BCUT2D eigenvalue weighted by Gasteiger charge is 2.16. The van der Waals surface area contributed by atoms with E-state index < -0.39 is 0 Å². The van der Waals surface area contributed by atoms with Crippen molar-refractivity contribution in [2.24, 2.45) is 5.41 Å². The summed E-state index contributed by atoms with van der Waals surface area (Å²) in [5.41, 5.74) is 1.22. The van der Waals surface area contributed by atoms with Crippen molar-refractivity contribution in [3.8, 4) is 0 Å². The van der Waals surface area contributed by atoms with Gasteiger partial charge in [0, 0.05) is 25.4 Å². The van der Waals surface area contributed by atoms with E-state index in [1.807, 2.05) is 12.1 Å². The average Bonchev–Trinajstić information content (AvgIpc) is 2.73. The fraction of sp³-hybridized carbons (Fsp3) is 0.462. The quantitative estimate of drug-likeness (QED) is 0.898. The molecule has 2 aromatic heterocycles. The van der Waals surface area contributed by atoms with E-state index in [1.54, 1.807) is 12.4 Å². The lowest BCUT2D eigenvalue weighted by molar-refractivity contribution is 0.357. The number of pyridine rings is 1. The van der Waals surface area contributed by atoms with Crippen molar-refractivity contribution < 1.29 is 4.42 Å². The molecule has 0 spiro atoms. The van der Waals surface area contributed by atoms with Crippen molar-refractivity contribution in [3.05, 3.63) is 36.0 Å². The summed E-state index contributed by atoms with van der Waals surface area (Å²) in [6, 6.07) is 4.35. The van der Waals surface area contributed by atoms with Crippen LogP contribution in [0.2, 0.25) is 0 Å². The van der Waals surface area contributed by atoms with E-state index in [9.17, 15) is 0 Å². The van der Waals surface area contributed by atoms with Gasteiger partial charge in [-0.1, -0.05) is 31.9 Å². The molecule has 0 aromatic carbocycles. The number of anilines is 1. The summed E-state index contributed by atoms with van der Waals surface area (Å²) in [7, 11) is 0. The van der Waals surface area contributed by atoms with Gasteiger partial charge in [-0.05, 0) is 17.0 Å². The Hall–Kier alpha value is -1.91. The minimum Gasteiger partial charge on any atom is -0.408 e. The Morgan fingerprint density at radius 2 is 2.11 bits per heavy atom. The van der Waals surface area contributed by atoms with E-state index in [2.05, 4.69) is 41.3 Å². The van der Waals surface area contributed by atoms with Gasteiger partial charge in [0.1, 0.15) is 0 Å². The molecule has 0 bridgehead atoms. The number of hydrogen-bond acceptors (Lipinski definition) is 5. The number of nitrogens with one attached hydrogen (secondary N) is 1. The fourth-order valence-electron chi connectivity index (χ4n) is 1.53. The molecule has 2 aromatic rings. The molecule has 0 amide bonds. The third-order valence-electron chi connectivity index (χ3n) is 2.31. The van der Waals surface area contributed by atoms with Crippen molar-refractivity contribution in [1.29, 1.82) is 0 Å². The van der Waals surface area contributed by atoms with Gasteiger partial charge in [-0.25, -0.2) is 0 Å². The minimum atomic E-state index is 0.146. The Kier molecular flexibility index (Phi) is 3.60. The zero-order chi connectivity index (χ0) is 13.0. The molecule has 96 valence electrons. The summed E-state index contributed by atoms with van der Waals surface area (Å²) < 4.78 is 5.53. The monoisotopic (exact) mass is 246 g/mol. The molecule has 0 aliphatic rings. The molecule has 5 nitrogen and oxygen atoms in total. The fourth-order valence-corrected chi connectivity index (χ4v) is 1.53. The van der Waals surface area contributed by atoms with Crippen LogP contribution < -0.4 is 5.32 Å². The van der Waals surface area contributed by atoms with Crippen LogP contribution in [0.3, 0.4) is 0 Å². The molecule has 0 saturated carbocycles. The van der Waals surface area contributed by atoms with E-state index in [0.717, 1.165) is 12.0 Å². The second-order valence-corrected chi connectivity index (χ2v) is 5.45. The van der Waals surface area contributed by atoms with Gasteiger partial charge in [0.05, 0.1) is 0 Å². The zero-order valence-electron chi connectivity index (χ0n) is 11.0. The number of nitrogens with zero attached hydrogens (tertiary/aromatic N) is 3. The lowest BCUT2D eigenvalue weighted by Crippen LogP contribution is -2.09. The summed E-state index contributed by atoms with van der Waals surface area (Å²) in [5.74, 6) is 0.663. The van der Waals surface area contributed by atoms with Gasteiger partial charge in [-0.3, -0.25) is 4.98 Å². The Labute approximate surface area is 107 Å². The Bertz CT molecular complexity index is 487. The average molecular weight is 246 g/mol. The Morgan fingerprint density at radius 3 is 2.78 bits per heavy atom. The second-order valence-electron chi connectivity index (χ2n) is 5.45. The van der Waals surface area contributed by atoms with Gasteiger partial charge in [-0.15, -0.1) is 5.10 Å². The largest absolute Gasteiger partial charge is 0.408 e. The first-order valence-corrected chi connectivity index (χ1v) is 5.98. The molecule has 2 rings (SSSR count). The maximum Gasteiger partial charge on any atom is 0.315 e. The maximum atomic E-state index is 5.53. The van der Waals surface area contributed by atoms with Gasteiger partial charge >= 0.3 is 6.01 Å². The summed E-state index contributed by atoms with van der Waals surface area (Å²) >= 11 is 0. The van der Waals surface area contributed by atoms with Gasteiger partial charge in [0.15, 0.2) is 0 Å². The van der Waals surface area contributed by atoms with Crippen LogP contribution in [0, 0.1) is 5.41 Å². The molecule has 5 heteroatoms. The first kappa shape index (κ1) is 12.5. The third kappa shape index (κ3) is 3.84. The van der Waals surface area contributed by atoms with Crippen LogP contribution >= 0.6 is 0 Å². The van der Waals surface area contributed by atoms with Crippen LogP contribution in [-0.2, 0) is 13.0 Å². The molecule has 0 aliphatic carbocycles. The van der Waals surface area contributed by atoms with Crippen molar-refractivity contribution in [2.45, 2.75) is 33.7 Å². The van der Waals surface area contributed by atoms with Crippen LogP contribution in [0.15, 0.2) is 28.9 Å². The summed E-state index contributed by atoms with van der Waals surface area (Å²) in [6.45, 7) is 7.05. The minimum absolute atomic E-state index is 0.146. The highest BCUT2D eigenvalue weighted by molar-refractivity contribution is 5.21. The lowest BCUT2D eigenvalue weighted by atomic mass is 9.92. The van der Waals surface area contributed by atoms with E-state index in [1.165, 1.54) is 0 Å². The second kappa shape index (κ2) is 5.16. The maximum absolute atomic E-state index is 5.53. The highest BCUT2D eigenvalue weighted by Crippen LogP contribution is 2.20. The molecule has 0 fully saturated rings. The SMILES string of the molecule is CC(C)(C)Cc1nnc(NCc2cccnc2)o1. The number of rotatable bonds is 4. The van der Waals surface area contributed by atoms with Crippen LogP contribution in [-0.4, -0.2) is 15.2 Å². The first-order valence-electron chi connectivity index (χ1n) is 5.98. The van der Waals surface area contributed by atoms with Crippen LogP contribution in [0.5, 0.6) is 0 Å². The summed E-state index contributed by atoms with van der Waals surface area (Å²) in [6.07, 6.45) is 4.33. The van der Waals surface area contributed by atoms with E-state index in [-0.39, 0.29) is 5.41 Å². The van der Waals surface area contributed by atoms with Crippen LogP contribution in [0.25, 0.3) is 0 Å². The predicted molar refractivity (Wildman–Crippen MR) is 69.0 cm³/mol. The molecule has 18 heavy (non-hydrogen) atoms. The lowest BCUT2D eigenvalue weighted by Gasteiger charge is -2.14. The smallest absolute Gasteiger partial charge is 0.315 e. The highest BCUT2D eigenvalue weighted by atomic mass is 16.4. The molecular weight excluding hydrogens is 228 g/mol. The number of hydrogen-bond donors (Lipinski definition) is 1. The molecule has 0 saturated heterocycles. The predicted octanol–water partition coefficient (Wildman–Crippen LogP) is 2.67. The Morgan fingerprint density at radius 1 is 1.28 bits per heavy atom. The summed E-state index contributed by atoms with van der Waals surface area (Å²) in [4.78, 5) is 4.04. The third-order valence-corrected chi connectivity index (χ3v) is 2.31. The van der Waals surface area contributed by atoms with Crippen LogP contribution in [0.4, 0.5) is 6.01 Å². The van der Waals surface area contributed by atoms with Gasteiger partial charge < -0.3 is 9.73 Å². The summed E-state index contributed by atoms with van der Waals surface area (Å²) in [5, 5.41) is 11.1. The van der Waals surface area contributed by atoms with Crippen molar-refractivity contribution in [1.82, 2.24) is 15.2 Å². The standard InChI is InChI=1S/C13H18N4O/c1-13(2,3)7-11-16-17-12(18-11)15-9-10-5-4-6-14-8-10/h4-6,8H,7,9H2,1-3H3,(H,15,17). The molecule has 0 unspecified atom stereocenters. The zero-order valence-corrected chi connectivity index (χ0v) is 11.0. The normalized spacial score (nSPS) is 11.5. The van der Waals surface area contributed by atoms with Crippen molar-refractivity contribution >= 4 is 6.01 Å². The molecular formula is C13H18N4O. The first-order chi connectivity index (χ1) is 8.53. The van der Waals surface area contributed by atoms with Crippen LogP contribution in [0.1, 0.15) is 32.2 Å². The van der Waals surface area contributed by atoms with Crippen molar-refractivity contribution in [2.75, 3.05) is 5.32 Å². The van der Waals surface area contributed by atoms with Gasteiger partial charge in [-0.2, -0.15) is 0 Å². The molecule has 2 heterocycles. The van der Waals surface area contributed by atoms with E-state index in [4.69, 9.17) is 4.42 Å². The van der Waals surface area contributed by atoms with Gasteiger partial charge in [0.25, 0.3) is 0 Å². The van der Waals surface area contributed by atoms with Gasteiger partial charge in [0.2, 0.25) is 5.89 Å². The molecule has 0 radical (unpaired) electrons. The molecule has 0 aliphatic heterocycles. The molecule has 0 atom stereocenters. The number of aromatic nitrogens is 3.